The number of halogens is 1. The summed E-state index contributed by atoms with van der Waals surface area (Å²) in [6.07, 6.45) is 1.47. The highest BCUT2D eigenvalue weighted by molar-refractivity contribution is 6.31. The fourth-order valence-corrected chi connectivity index (χ4v) is 1.89. The number of methoxy groups -OCH3 is 1. The Labute approximate surface area is 123 Å². The number of rotatable bonds is 6. The minimum Gasteiger partial charge on any atom is -0.465 e. The average Bonchev–Trinajstić information content (AvgIpc) is 2.45. The van der Waals surface area contributed by atoms with E-state index in [1.807, 2.05) is 6.92 Å². The Hall–Kier alpha value is -1.59. The van der Waals surface area contributed by atoms with Gasteiger partial charge in [0.2, 0.25) is 5.91 Å². The molecule has 1 unspecified atom stereocenters. The van der Waals surface area contributed by atoms with Crippen LogP contribution in [0.5, 0.6) is 0 Å². The summed E-state index contributed by atoms with van der Waals surface area (Å²) in [5.74, 6) is -0.886. The number of amides is 1. The fraction of sp³-hybridized carbons (Fsp3) is 0.429. The Balaban J connectivity index is 2.86. The van der Waals surface area contributed by atoms with E-state index in [0.29, 0.717) is 23.7 Å². The van der Waals surface area contributed by atoms with E-state index in [2.05, 4.69) is 10.1 Å². The zero-order chi connectivity index (χ0) is 15.1. The Kier molecular flexibility index (Phi) is 6.48. The standard InChI is InChI=1S/C14H19ClN2O3/c1-9(4-3-7-16)13(18)17-12-6-5-10(15)8-11(12)14(19)20-2/h5-6,8-9H,3-4,7,16H2,1-2H3,(H,17,18). The van der Waals surface area contributed by atoms with Crippen molar-refractivity contribution in [3.8, 4) is 0 Å². The summed E-state index contributed by atoms with van der Waals surface area (Å²) in [6.45, 7) is 2.37. The van der Waals surface area contributed by atoms with Gasteiger partial charge >= 0.3 is 5.97 Å². The van der Waals surface area contributed by atoms with Crippen molar-refractivity contribution in [2.24, 2.45) is 11.7 Å². The van der Waals surface area contributed by atoms with E-state index in [1.54, 1.807) is 12.1 Å². The van der Waals surface area contributed by atoms with Crippen molar-refractivity contribution >= 4 is 29.2 Å². The summed E-state index contributed by atoms with van der Waals surface area (Å²) in [5.41, 5.74) is 6.05. The summed E-state index contributed by atoms with van der Waals surface area (Å²) < 4.78 is 4.67. The molecule has 1 amide bonds. The van der Waals surface area contributed by atoms with Gasteiger partial charge < -0.3 is 15.8 Å². The van der Waals surface area contributed by atoms with E-state index < -0.39 is 5.97 Å². The Morgan fingerprint density at radius 3 is 2.75 bits per heavy atom. The second-order valence-corrected chi connectivity index (χ2v) is 4.94. The van der Waals surface area contributed by atoms with Gasteiger partial charge in [-0.2, -0.15) is 0 Å². The molecule has 0 aliphatic carbocycles. The SMILES string of the molecule is COC(=O)c1cc(Cl)ccc1NC(=O)C(C)CCCN. The Bertz CT molecular complexity index is 491. The van der Waals surface area contributed by atoms with Gasteiger partial charge in [0, 0.05) is 10.9 Å². The number of hydrogen-bond donors (Lipinski definition) is 2. The molecule has 0 bridgehead atoms. The third kappa shape index (κ3) is 4.51. The molecular formula is C14H19ClN2O3. The van der Waals surface area contributed by atoms with Gasteiger partial charge in [-0.05, 0) is 37.6 Å². The molecule has 1 atom stereocenters. The van der Waals surface area contributed by atoms with E-state index in [1.165, 1.54) is 13.2 Å². The van der Waals surface area contributed by atoms with Gasteiger partial charge in [-0.15, -0.1) is 0 Å². The molecule has 0 heterocycles. The predicted octanol–water partition coefficient (Wildman–Crippen LogP) is 2.44. The molecule has 1 aromatic rings. The first-order chi connectivity index (χ1) is 9.49. The highest BCUT2D eigenvalue weighted by atomic mass is 35.5. The number of anilines is 1. The molecule has 0 fully saturated rings. The largest absolute Gasteiger partial charge is 0.465 e. The van der Waals surface area contributed by atoms with Crippen molar-refractivity contribution in [1.82, 2.24) is 0 Å². The van der Waals surface area contributed by atoms with E-state index in [-0.39, 0.29) is 17.4 Å². The third-order valence-corrected chi connectivity index (χ3v) is 3.17. The van der Waals surface area contributed by atoms with Gasteiger partial charge in [0.1, 0.15) is 0 Å². The summed E-state index contributed by atoms with van der Waals surface area (Å²) in [6, 6.07) is 4.66. The lowest BCUT2D eigenvalue weighted by atomic mass is 10.0. The molecule has 0 spiro atoms. The van der Waals surface area contributed by atoms with Crippen LogP contribution in [0.25, 0.3) is 0 Å². The second-order valence-electron chi connectivity index (χ2n) is 4.50. The van der Waals surface area contributed by atoms with Crippen LogP contribution >= 0.6 is 11.6 Å². The molecule has 110 valence electrons. The summed E-state index contributed by atoms with van der Waals surface area (Å²) in [7, 11) is 1.28. The molecule has 3 N–H and O–H groups in total. The maximum absolute atomic E-state index is 12.0. The molecule has 0 aromatic heterocycles. The quantitative estimate of drug-likeness (QED) is 0.790. The van der Waals surface area contributed by atoms with Crippen LogP contribution in [-0.4, -0.2) is 25.5 Å². The predicted molar refractivity (Wildman–Crippen MR) is 78.9 cm³/mol. The van der Waals surface area contributed by atoms with Gasteiger partial charge in [-0.3, -0.25) is 4.79 Å². The number of esters is 1. The molecule has 0 saturated carbocycles. The van der Waals surface area contributed by atoms with Crippen molar-refractivity contribution in [2.45, 2.75) is 19.8 Å². The van der Waals surface area contributed by atoms with Crippen molar-refractivity contribution in [3.63, 3.8) is 0 Å². The lowest BCUT2D eigenvalue weighted by molar-refractivity contribution is -0.119. The highest BCUT2D eigenvalue weighted by Gasteiger charge is 2.17. The van der Waals surface area contributed by atoms with Crippen LogP contribution in [0.15, 0.2) is 18.2 Å². The van der Waals surface area contributed by atoms with E-state index in [9.17, 15) is 9.59 Å². The van der Waals surface area contributed by atoms with Crippen LogP contribution in [0.3, 0.4) is 0 Å². The zero-order valence-electron chi connectivity index (χ0n) is 11.6. The highest BCUT2D eigenvalue weighted by Crippen LogP contribution is 2.22. The van der Waals surface area contributed by atoms with E-state index >= 15 is 0 Å². The van der Waals surface area contributed by atoms with E-state index in [0.717, 1.165) is 6.42 Å². The molecule has 0 saturated heterocycles. The van der Waals surface area contributed by atoms with Gasteiger partial charge in [-0.25, -0.2) is 4.79 Å². The van der Waals surface area contributed by atoms with Crippen LogP contribution in [0.4, 0.5) is 5.69 Å². The molecule has 20 heavy (non-hydrogen) atoms. The molecule has 5 nitrogen and oxygen atoms in total. The number of nitrogens with one attached hydrogen (secondary N) is 1. The van der Waals surface area contributed by atoms with Gasteiger partial charge in [0.15, 0.2) is 0 Å². The number of ether oxygens (including phenoxy) is 1. The first-order valence-electron chi connectivity index (χ1n) is 6.38. The van der Waals surface area contributed by atoms with Crippen molar-refractivity contribution in [1.29, 1.82) is 0 Å². The molecule has 0 aliphatic heterocycles. The first-order valence-corrected chi connectivity index (χ1v) is 6.76. The molecule has 1 rings (SSSR count). The number of nitrogens with two attached hydrogens (primary N) is 1. The van der Waals surface area contributed by atoms with Crippen molar-refractivity contribution in [3.05, 3.63) is 28.8 Å². The molecule has 0 radical (unpaired) electrons. The monoisotopic (exact) mass is 298 g/mol. The first kappa shape index (κ1) is 16.5. The molecule has 1 aromatic carbocycles. The normalized spacial score (nSPS) is 11.8. The van der Waals surface area contributed by atoms with E-state index in [4.69, 9.17) is 17.3 Å². The van der Waals surface area contributed by atoms with Crippen molar-refractivity contribution < 1.29 is 14.3 Å². The summed E-state index contributed by atoms with van der Waals surface area (Å²) in [4.78, 5) is 23.7. The number of carbonyl (C=O) groups is 2. The third-order valence-electron chi connectivity index (χ3n) is 2.93. The fourth-order valence-electron chi connectivity index (χ4n) is 1.72. The second kappa shape index (κ2) is 7.87. The van der Waals surface area contributed by atoms with Crippen LogP contribution in [0.2, 0.25) is 5.02 Å². The minimum absolute atomic E-state index is 0.161. The van der Waals surface area contributed by atoms with Crippen LogP contribution in [0.1, 0.15) is 30.1 Å². The van der Waals surface area contributed by atoms with Crippen LogP contribution in [0, 0.1) is 5.92 Å². The molecule has 6 heteroatoms. The maximum Gasteiger partial charge on any atom is 0.340 e. The van der Waals surface area contributed by atoms with Crippen molar-refractivity contribution in [2.75, 3.05) is 19.0 Å². The number of hydrogen-bond acceptors (Lipinski definition) is 4. The number of benzene rings is 1. The van der Waals surface area contributed by atoms with Crippen LogP contribution in [-0.2, 0) is 9.53 Å². The smallest absolute Gasteiger partial charge is 0.340 e. The van der Waals surface area contributed by atoms with Crippen LogP contribution < -0.4 is 11.1 Å². The van der Waals surface area contributed by atoms with Gasteiger partial charge in [0.05, 0.1) is 18.4 Å². The molecular weight excluding hydrogens is 280 g/mol. The van der Waals surface area contributed by atoms with Gasteiger partial charge in [0.25, 0.3) is 0 Å². The topological polar surface area (TPSA) is 81.4 Å². The summed E-state index contributed by atoms with van der Waals surface area (Å²) in [5, 5.41) is 3.12. The summed E-state index contributed by atoms with van der Waals surface area (Å²) >= 11 is 5.85. The Morgan fingerprint density at radius 1 is 1.45 bits per heavy atom. The van der Waals surface area contributed by atoms with Gasteiger partial charge in [-0.1, -0.05) is 18.5 Å². The lowest BCUT2D eigenvalue weighted by Gasteiger charge is -2.14. The molecule has 0 aliphatic rings. The lowest BCUT2D eigenvalue weighted by Crippen LogP contribution is -2.22. The zero-order valence-corrected chi connectivity index (χ0v) is 12.4. The number of carbonyl (C=O) groups excluding carboxylic acids is 2. The minimum atomic E-state index is -0.544. The average molecular weight is 299 g/mol. The Morgan fingerprint density at radius 2 is 2.15 bits per heavy atom. The maximum atomic E-state index is 12.0.